The summed E-state index contributed by atoms with van der Waals surface area (Å²) in [4.78, 5) is 0. The quantitative estimate of drug-likeness (QED) is 0.460. The maximum absolute atomic E-state index is 6.33. The van der Waals surface area contributed by atoms with Crippen molar-refractivity contribution >= 4 is 32.9 Å². The van der Waals surface area contributed by atoms with Gasteiger partial charge in [-0.2, -0.15) is 0 Å². The van der Waals surface area contributed by atoms with Gasteiger partial charge >= 0.3 is 0 Å². The number of hydrogen-bond donors (Lipinski definition) is 2. The molecular formula is C22H20N2. The van der Waals surface area contributed by atoms with Crippen LogP contribution >= 0.6 is 0 Å². The summed E-state index contributed by atoms with van der Waals surface area (Å²) in [6, 6.07) is 20.9. The van der Waals surface area contributed by atoms with Crippen LogP contribution in [0.5, 0.6) is 0 Å². The zero-order valence-electron chi connectivity index (χ0n) is 13.9. The molecule has 118 valence electrons. The monoisotopic (exact) mass is 312 g/mol. The van der Waals surface area contributed by atoms with E-state index in [1.807, 2.05) is 12.1 Å². The summed E-state index contributed by atoms with van der Waals surface area (Å²) in [7, 11) is 0. The van der Waals surface area contributed by atoms with Crippen LogP contribution in [-0.4, -0.2) is 0 Å². The molecule has 0 aromatic heterocycles. The number of nitrogens with two attached hydrogens (primary N) is 2. The number of anilines is 2. The second-order valence-electron chi connectivity index (χ2n) is 6.37. The number of fused-ring (bicyclic) bond motifs is 2. The molecule has 0 radical (unpaired) electrons. The highest BCUT2D eigenvalue weighted by Crippen LogP contribution is 2.42. The predicted molar refractivity (Wildman–Crippen MR) is 105 cm³/mol. The van der Waals surface area contributed by atoms with Crippen LogP contribution in [0.1, 0.15) is 11.1 Å². The smallest absolute Gasteiger partial charge is 0.0356 e. The van der Waals surface area contributed by atoms with Crippen LogP contribution in [0.2, 0.25) is 0 Å². The van der Waals surface area contributed by atoms with E-state index in [0.717, 1.165) is 33.3 Å². The van der Waals surface area contributed by atoms with E-state index in [1.54, 1.807) is 0 Å². The summed E-state index contributed by atoms with van der Waals surface area (Å²) in [5.74, 6) is 0. The van der Waals surface area contributed by atoms with E-state index in [4.69, 9.17) is 11.5 Å². The van der Waals surface area contributed by atoms with Crippen molar-refractivity contribution in [3.05, 3.63) is 71.8 Å². The fourth-order valence-electron chi connectivity index (χ4n) is 3.59. The van der Waals surface area contributed by atoms with Gasteiger partial charge in [0.25, 0.3) is 0 Å². The van der Waals surface area contributed by atoms with Crippen LogP contribution in [0.4, 0.5) is 11.4 Å². The molecule has 0 aliphatic rings. The van der Waals surface area contributed by atoms with Crippen molar-refractivity contribution in [1.29, 1.82) is 0 Å². The minimum Gasteiger partial charge on any atom is -0.398 e. The summed E-state index contributed by atoms with van der Waals surface area (Å²) < 4.78 is 0. The lowest BCUT2D eigenvalue weighted by Gasteiger charge is -2.19. The molecule has 0 heterocycles. The third-order valence-electron chi connectivity index (χ3n) is 4.95. The molecule has 0 aliphatic carbocycles. The molecule has 2 nitrogen and oxygen atoms in total. The molecule has 0 bridgehead atoms. The van der Waals surface area contributed by atoms with Crippen molar-refractivity contribution in [1.82, 2.24) is 0 Å². The molecule has 4 rings (SSSR count). The minimum absolute atomic E-state index is 0.814. The molecule has 2 heteroatoms. The third-order valence-corrected chi connectivity index (χ3v) is 4.95. The van der Waals surface area contributed by atoms with Crippen molar-refractivity contribution in [2.45, 2.75) is 13.8 Å². The van der Waals surface area contributed by atoms with Crippen molar-refractivity contribution in [2.24, 2.45) is 0 Å². The maximum atomic E-state index is 6.33. The largest absolute Gasteiger partial charge is 0.398 e. The number of nitrogen functional groups attached to an aromatic ring is 2. The first-order chi connectivity index (χ1) is 11.6. The van der Waals surface area contributed by atoms with E-state index in [2.05, 4.69) is 62.4 Å². The molecule has 0 saturated heterocycles. The lowest BCUT2D eigenvalue weighted by atomic mass is 9.86. The normalized spacial score (nSPS) is 11.2. The van der Waals surface area contributed by atoms with Crippen LogP contribution in [-0.2, 0) is 0 Å². The molecule has 0 unspecified atom stereocenters. The number of benzene rings is 4. The van der Waals surface area contributed by atoms with Gasteiger partial charge in [-0.1, -0.05) is 48.5 Å². The van der Waals surface area contributed by atoms with Crippen molar-refractivity contribution in [2.75, 3.05) is 11.5 Å². The fraction of sp³-hybridized carbons (Fsp3) is 0.0909. The Bertz CT molecular complexity index is 1000. The molecular weight excluding hydrogens is 292 g/mol. The van der Waals surface area contributed by atoms with Crippen LogP contribution in [0, 0.1) is 13.8 Å². The molecule has 0 fully saturated rings. The molecule has 4 N–H and O–H groups in total. The average Bonchev–Trinajstić information content (AvgIpc) is 2.58. The predicted octanol–water partition coefficient (Wildman–Crippen LogP) is 5.44. The van der Waals surface area contributed by atoms with E-state index < -0.39 is 0 Å². The van der Waals surface area contributed by atoms with Crippen LogP contribution in [0.25, 0.3) is 32.7 Å². The highest BCUT2D eigenvalue weighted by molar-refractivity contribution is 6.10. The van der Waals surface area contributed by atoms with Gasteiger partial charge in [0.1, 0.15) is 0 Å². The second kappa shape index (κ2) is 5.27. The highest BCUT2D eigenvalue weighted by Gasteiger charge is 2.16. The lowest BCUT2D eigenvalue weighted by Crippen LogP contribution is -1.99. The van der Waals surface area contributed by atoms with Gasteiger partial charge in [-0.15, -0.1) is 0 Å². The molecule has 0 spiro atoms. The van der Waals surface area contributed by atoms with Crippen molar-refractivity contribution in [3.8, 4) is 11.1 Å². The van der Waals surface area contributed by atoms with E-state index in [0.29, 0.717) is 0 Å². The Balaban J connectivity index is 2.26. The first kappa shape index (κ1) is 14.6. The standard InChI is InChI=1S/C22H20N2/c1-13-19(23)11-15-7-3-5-9-17(15)21(13)22-14(2)20(24)12-16-8-4-6-10-18(16)22/h3-12H,23-24H2,1-2H3. The SMILES string of the molecule is Cc1c(N)cc2ccccc2c1-c1c(C)c(N)cc2ccccc12. The molecule has 0 aliphatic heterocycles. The van der Waals surface area contributed by atoms with Gasteiger partial charge in [-0.05, 0) is 69.8 Å². The summed E-state index contributed by atoms with van der Waals surface area (Å²) >= 11 is 0. The summed E-state index contributed by atoms with van der Waals surface area (Å²) in [5, 5.41) is 4.73. The van der Waals surface area contributed by atoms with Gasteiger partial charge in [0.05, 0.1) is 0 Å². The van der Waals surface area contributed by atoms with Gasteiger partial charge in [0.2, 0.25) is 0 Å². The van der Waals surface area contributed by atoms with Gasteiger partial charge in [0, 0.05) is 11.4 Å². The van der Waals surface area contributed by atoms with E-state index >= 15 is 0 Å². The van der Waals surface area contributed by atoms with Crippen LogP contribution in [0.15, 0.2) is 60.7 Å². The van der Waals surface area contributed by atoms with Crippen molar-refractivity contribution < 1.29 is 0 Å². The topological polar surface area (TPSA) is 52.0 Å². The molecule has 0 saturated carbocycles. The highest BCUT2D eigenvalue weighted by atomic mass is 14.6. The lowest BCUT2D eigenvalue weighted by molar-refractivity contribution is 1.45. The van der Waals surface area contributed by atoms with E-state index in [9.17, 15) is 0 Å². The molecule has 24 heavy (non-hydrogen) atoms. The van der Waals surface area contributed by atoms with Gasteiger partial charge < -0.3 is 11.5 Å². The van der Waals surface area contributed by atoms with Gasteiger partial charge in [-0.25, -0.2) is 0 Å². The summed E-state index contributed by atoms with van der Waals surface area (Å²) in [6.45, 7) is 4.18. The zero-order chi connectivity index (χ0) is 16.8. The fourth-order valence-corrected chi connectivity index (χ4v) is 3.59. The summed E-state index contributed by atoms with van der Waals surface area (Å²) in [6.07, 6.45) is 0. The van der Waals surface area contributed by atoms with Crippen molar-refractivity contribution in [3.63, 3.8) is 0 Å². The molecule has 4 aromatic carbocycles. The number of hydrogen-bond acceptors (Lipinski definition) is 2. The average molecular weight is 312 g/mol. The van der Waals surface area contributed by atoms with Crippen LogP contribution < -0.4 is 11.5 Å². The maximum Gasteiger partial charge on any atom is 0.0356 e. The van der Waals surface area contributed by atoms with Gasteiger partial charge in [-0.3, -0.25) is 0 Å². The molecule has 4 aromatic rings. The first-order valence-corrected chi connectivity index (χ1v) is 8.14. The Morgan fingerprint density at radius 1 is 0.583 bits per heavy atom. The Morgan fingerprint density at radius 2 is 0.958 bits per heavy atom. The Morgan fingerprint density at radius 3 is 1.38 bits per heavy atom. The Labute approximate surface area is 141 Å². The number of rotatable bonds is 1. The molecule has 0 amide bonds. The second-order valence-corrected chi connectivity index (χ2v) is 6.37. The minimum atomic E-state index is 0.814. The van der Waals surface area contributed by atoms with E-state index in [-0.39, 0.29) is 0 Å². The van der Waals surface area contributed by atoms with E-state index in [1.165, 1.54) is 21.9 Å². The third kappa shape index (κ3) is 2.04. The Hall–Kier alpha value is -3.00. The molecule has 0 atom stereocenters. The van der Waals surface area contributed by atoms with Gasteiger partial charge in [0.15, 0.2) is 0 Å². The summed E-state index contributed by atoms with van der Waals surface area (Å²) in [5.41, 5.74) is 18.9. The Kier molecular flexibility index (Phi) is 3.20. The van der Waals surface area contributed by atoms with Crippen LogP contribution in [0.3, 0.4) is 0 Å². The zero-order valence-corrected chi connectivity index (χ0v) is 13.9. The first-order valence-electron chi connectivity index (χ1n) is 8.14.